The number of ether oxygens (including phenoxy) is 2. The van der Waals surface area contributed by atoms with E-state index >= 15 is 0 Å². The van der Waals surface area contributed by atoms with Crippen LogP contribution < -0.4 is 5.32 Å². The molecule has 47 heavy (non-hydrogen) atoms. The number of aliphatic hydroxyl groups excluding tert-OH is 1. The highest BCUT2D eigenvalue weighted by molar-refractivity contribution is 5.94. The van der Waals surface area contributed by atoms with Crippen molar-refractivity contribution < 1.29 is 41.3 Å². The Hall–Kier alpha value is -4.16. The van der Waals surface area contributed by atoms with Gasteiger partial charge in [0, 0.05) is 30.6 Å². The summed E-state index contributed by atoms with van der Waals surface area (Å²) in [6.45, 7) is 4.48. The molecule has 1 aliphatic rings. The lowest BCUT2D eigenvalue weighted by molar-refractivity contribution is -0.276. The number of carbonyl (C=O) groups excluding carboxylic acids is 1. The molecule has 5 atom stereocenters. The van der Waals surface area contributed by atoms with Crippen LogP contribution in [-0.4, -0.2) is 35.6 Å². The van der Waals surface area contributed by atoms with Gasteiger partial charge in [-0.3, -0.25) is 9.69 Å². The van der Waals surface area contributed by atoms with E-state index in [1.807, 2.05) is 49.5 Å². The van der Waals surface area contributed by atoms with Crippen LogP contribution in [0.15, 0.2) is 78.9 Å². The number of amides is 1. The number of aliphatic hydroxyl groups is 1. The first-order valence-corrected chi connectivity index (χ1v) is 15.1. The largest absolute Gasteiger partial charge is 0.392 e. The van der Waals surface area contributed by atoms with Crippen LogP contribution in [0.4, 0.5) is 22.0 Å². The Balaban J connectivity index is 1.33. The number of likely N-dealkylation sites (N-methyl/N-ethyl adjacent to an activating group) is 1. The van der Waals surface area contributed by atoms with Crippen molar-refractivity contribution in [1.82, 2.24) is 10.2 Å². The van der Waals surface area contributed by atoms with Gasteiger partial charge in [0.2, 0.25) is 5.82 Å². The van der Waals surface area contributed by atoms with E-state index in [0.717, 1.165) is 11.1 Å². The number of hydrogen-bond donors (Lipinski definition) is 2. The Morgan fingerprint density at radius 2 is 1.36 bits per heavy atom. The smallest absolute Gasteiger partial charge is 0.257 e. The lowest BCUT2D eigenvalue weighted by atomic mass is 9.89. The molecule has 0 aliphatic carbocycles. The minimum atomic E-state index is -2.34. The molecule has 0 spiro atoms. The fraction of sp³-hybridized carbons (Fsp3) is 0.306. The fourth-order valence-corrected chi connectivity index (χ4v) is 5.62. The van der Waals surface area contributed by atoms with Gasteiger partial charge in [-0.2, -0.15) is 0 Å². The molecule has 0 bridgehead atoms. The Kier molecular flexibility index (Phi) is 10.7. The summed E-state index contributed by atoms with van der Waals surface area (Å²) in [7, 11) is 2.04. The minimum Gasteiger partial charge on any atom is -0.392 e. The quantitative estimate of drug-likeness (QED) is 0.107. The van der Waals surface area contributed by atoms with Gasteiger partial charge in [-0.05, 0) is 36.2 Å². The van der Waals surface area contributed by atoms with Gasteiger partial charge in [0.1, 0.15) is 5.56 Å². The topological polar surface area (TPSA) is 71.0 Å². The van der Waals surface area contributed by atoms with Crippen molar-refractivity contribution in [3.63, 3.8) is 0 Å². The number of nitrogens with zero attached hydrogens (tertiary/aromatic N) is 1. The van der Waals surface area contributed by atoms with E-state index in [0.29, 0.717) is 17.7 Å². The van der Waals surface area contributed by atoms with Crippen LogP contribution in [0.25, 0.3) is 0 Å². The van der Waals surface area contributed by atoms with Crippen LogP contribution in [0.5, 0.6) is 0 Å². The zero-order valence-corrected chi connectivity index (χ0v) is 26.0. The van der Waals surface area contributed by atoms with E-state index < -0.39 is 46.8 Å². The monoisotopic (exact) mass is 654 g/mol. The van der Waals surface area contributed by atoms with Crippen molar-refractivity contribution in [3.05, 3.63) is 141 Å². The maximum atomic E-state index is 14.1. The first-order valence-electron chi connectivity index (χ1n) is 15.1. The maximum Gasteiger partial charge on any atom is 0.257 e. The lowest BCUT2D eigenvalue weighted by Gasteiger charge is -2.43. The summed E-state index contributed by atoms with van der Waals surface area (Å²) in [5.41, 5.74) is 2.50. The van der Waals surface area contributed by atoms with Crippen molar-refractivity contribution >= 4 is 5.91 Å². The molecule has 248 valence electrons. The van der Waals surface area contributed by atoms with Crippen LogP contribution in [0, 0.1) is 35.0 Å². The molecule has 5 rings (SSSR count). The first-order chi connectivity index (χ1) is 22.5. The lowest BCUT2D eigenvalue weighted by Crippen LogP contribution is -2.44. The van der Waals surface area contributed by atoms with Gasteiger partial charge >= 0.3 is 0 Å². The van der Waals surface area contributed by atoms with Crippen molar-refractivity contribution in [3.8, 4) is 0 Å². The number of carbonyl (C=O) groups is 1. The third-order valence-corrected chi connectivity index (χ3v) is 8.68. The third kappa shape index (κ3) is 7.38. The molecule has 0 aromatic heterocycles. The maximum absolute atomic E-state index is 14.1. The molecule has 11 heteroatoms. The van der Waals surface area contributed by atoms with Crippen molar-refractivity contribution in [2.75, 3.05) is 13.6 Å². The molecule has 1 aliphatic heterocycles. The van der Waals surface area contributed by atoms with Crippen molar-refractivity contribution in [2.45, 2.75) is 51.5 Å². The summed E-state index contributed by atoms with van der Waals surface area (Å²) in [5, 5.41) is 11.7. The molecule has 1 heterocycles. The minimum absolute atomic E-state index is 0.0481. The normalized spacial score (nSPS) is 20.3. The van der Waals surface area contributed by atoms with Crippen LogP contribution in [0.3, 0.4) is 0 Å². The number of rotatable bonds is 10. The third-order valence-electron chi connectivity index (χ3n) is 8.68. The second kappa shape index (κ2) is 14.7. The zero-order chi connectivity index (χ0) is 33.8. The average Bonchev–Trinajstić information content (AvgIpc) is 3.10. The van der Waals surface area contributed by atoms with E-state index in [4.69, 9.17) is 9.47 Å². The zero-order valence-electron chi connectivity index (χ0n) is 26.0. The number of hydrogen-bond acceptors (Lipinski definition) is 5. The van der Waals surface area contributed by atoms with Crippen LogP contribution >= 0.6 is 0 Å². The highest BCUT2D eigenvalue weighted by Crippen LogP contribution is 2.42. The number of benzene rings is 4. The molecule has 0 radical (unpaired) electrons. The standard InChI is InChI=1S/C36H35F5N2O4/c1-20-27(18-43(3)21(2)24-7-5-4-6-8-24)46-36(47-34(20)25-13-11-23(19-44)12-14-25)26-15-9-22(10-16-26)17-42-35(45)28-29(37)31(39)33(41)32(40)30(28)38/h4-16,20-21,27,34,36,44H,17-19H2,1-3H3,(H,42,45). The molecular formula is C36H35F5N2O4. The average molecular weight is 655 g/mol. The molecule has 1 amide bonds. The summed E-state index contributed by atoms with van der Waals surface area (Å²) in [5.74, 6) is -12.6. The van der Waals surface area contributed by atoms with Crippen molar-refractivity contribution in [2.24, 2.45) is 5.92 Å². The number of halogens is 5. The second-order valence-electron chi connectivity index (χ2n) is 11.7. The highest BCUT2D eigenvalue weighted by atomic mass is 19.2. The summed E-state index contributed by atoms with van der Waals surface area (Å²) in [6, 6.07) is 24.6. The van der Waals surface area contributed by atoms with E-state index in [1.165, 1.54) is 5.56 Å². The molecule has 4 aromatic rings. The van der Waals surface area contributed by atoms with Crippen LogP contribution in [-0.2, 0) is 22.6 Å². The highest BCUT2D eigenvalue weighted by Gasteiger charge is 2.39. The van der Waals surface area contributed by atoms with Crippen LogP contribution in [0.2, 0.25) is 0 Å². The Labute approximate surface area is 269 Å². The van der Waals surface area contributed by atoms with Crippen molar-refractivity contribution in [1.29, 1.82) is 0 Å². The summed E-state index contributed by atoms with van der Waals surface area (Å²) in [4.78, 5) is 14.6. The van der Waals surface area contributed by atoms with Crippen LogP contribution in [0.1, 0.15) is 70.5 Å². The Bertz CT molecular complexity index is 1660. The fourth-order valence-electron chi connectivity index (χ4n) is 5.62. The molecule has 2 N–H and O–H groups in total. The van der Waals surface area contributed by atoms with Gasteiger partial charge in [0.15, 0.2) is 29.6 Å². The molecule has 5 unspecified atom stereocenters. The van der Waals surface area contributed by atoms with Gasteiger partial charge in [0.05, 0.1) is 18.8 Å². The van der Waals surface area contributed by atoms with E-state index in [1.54, 1.807) is 24.3 Å². The predicted octanol–water partition coefficient (Wildman–Crippen LogP) is 7.29. The summed E-state index contributed by atoms with van der Waals surface area (Å²) < 4.78 is 81.7. The Morgan fingerprint density at radius 1 is 0.809 bits per heavy atom. The molecule has 4 aromatic carbocycles. The van der Waals surface area contributed by atoms with Gasteiger partial charge in [-0.1, -0.05) is 85.8 Å². The van der Waals surface area contributed by atoms with E-state index in [2.05, 4.69) is 36.2 Å². The Morgan fingerprint density at radius 3 is 1.96 bits per heavy atom. The summed E-state index contributed by atoms with van der Waals surface area (Å²) in [6.07, 6.45) is -1.35. The SMILES string of the molecule is CC1C(CN(C)C(C)c2ccccc2)OC(c2ccc(CNC(=O)c3c(F)c(F)c(F)c(F)c3F)cc2)OC1c1ccc(CO)cc1. The second-order valence-corrected chi connectivity index (χ2v) is 11.7. The summed E-state index contributed by atoms with van der Waals surface area (Å²) >= 11 is 0. The molecular weight excluding hydrogens is 619 g/mol. The molecule has 0 saturated carbocycles. The van der Waals surface area contributed by atoms with Gasteiger partial charge in [-0.25, -0.2) is 22.0 Å². The molecule has 6 nitrogen and oxygen atoms in total. The number of nitrogens with one attached hydrogen (secondary N) is 1. The van der Waals surface area contributed by atoms with Gasteiger partial charge in [-0.15, -0.1) is 0 Å². The molecule has 1 fully saturated rings. The molecule has 1 saturated heterocycles. The van der Waals surface area contributed by atoms with Gasteiger partial charge in [0.25, 0.3) is 5.91 Å². The van der Waals surface area contributed by atoms with E-state index in [9.17, 15) is 31.9 Å². The van der Waals surface area contributed by atoms with E-state index in [-0.39, 0.29) is 37.3 Å². The first kappa shape index (κ1) is 34.2. The van der Waals surface area contributed by atoms with Gasteiger partial charge < -0.3 is 19.9 Å². The predicted molar refractivity (Wildman–Crippen MR) is 164 cm³/mol.